The number of fused-ring (bicyclic) bond motifs is 1. The lowest BCUT2D eigenvalue weighted by Gasteiger charge is -2.34. The van der Waals surface area contributed by atoms with E-state index in [0.29, 0.717) is 6.04 Å². The Morgan fingerprint density at radius 1 is 1.25 bits per heavy atom. The fraction of sp³-hybridized carbons (Fsp3) is 0.889. The highest BCUT2D eigenvalue weighted by Crippen LogP contribution is 2.31. The molecule has 3 heteroatoms. The lowest BCUT2D eigenvalue weighted by molar-refractivity contribution is -0.145. The van der Waals surface area contributed by atoms with E-state index in [0.717, 1.165) is 32.4 Å². The second kappa shape index (κ2) is 3.05. The molecule has 0 amide bonds. The van der Waals surface area contributed by atoms with Crippen molar-refractivity contribution in [1.29, 1.82) is 0 Å². The van der Waals surface area contributed by atoms with Crippen molar-refractivity contribution in [3.8, 4) is 0 Å². The van der Waals surface area contributed by atoms with Crippen LogP contribution in [0.3, 0.4) is 0 Å². The summed E-state index contributed by atoms with van der Waals surface area (Å²) in [5, 5.41) is 8.96. The smallest absolute Gasteiger partial charge is 0.308 e. The highest BCUT2D eigenvalue weighted by molar-refractivity contribution is 5.71. The highest BCUT2D eigenvalue weighted by atomic mass is 16.4. The first-order valence-electron chi connectivity index (χ1n) is 4.76. The highest BCUT2D eigenvalue weighted by Gasteiger charge is 2.38. The molecule has 12 heavy (non-hydrogen) atoms. The molecular formula is C9H15NO2. The van der Waals surface area contributed by atoms with Gasteiger partial charge in [0.05, 0.1) is 5.92 Å². The molecule has 2 aliphatic heterocycles. The summed E-state index contributed by atoms with van der Waals surface area (Å²) in [6.07, 6.45) is 4.23. The number of hydrogen-bond acceptors (Lipinski definition) is 2. The fourth-order valence-electron chi connectivity index (χ4n) is 2.58. The molecule has 0 bridgehead atoms. The van der Waals surface area contributed by atoms with Crippen molar-refractivity contribution in [2.24, 2.45) is 5.92 Å². The van der Waals surface area contributed by atoms with Gasteiger partial charge in [-0.25, -0.2) is 0 Å². The van der Waals surface area contributed by atoms with Crippen LogP contribution in [-0.4, -0.2) is 35.1 Å². The number of aliphatic carboxylic acids is 1. The molecule has 1 N–H and O–H groups in total. The molecule has 68 valence electrons. The first-order chi connectivity index (χ1) is 5.79. The quantitative estimate of drug-likeness (QED) is 0.635. The maximum Gasteiger partial charge on any atom is 0.308 e. The second-order valence-corrected chi connectivity index (χ2v) is 3.83. The molecule has 0 saturated carbocycles. The van der Waals surface area contributed by atoms with Gasteiger partial charge in [-0.3, -0.25) is 9.69 Å². The minimum Gasteiger partial charge on any atom is -0.481 e. The molecule has 0 aromatic heterocycles. The van der Waals surface area contributed by atoms with E-state index in [1.165, 1.54) is 6.42 Å². The Bertz CT molecular complexity index is 193. The van der Waals surface area contributed by atoms with E-state index >= 15 is 0 Å². The lowest BCUT2D eigenvalue weighted by Crippen LogP contribution is -2.43. The van der Waals surface area contributed by atoms with Crippen molar-refractivity contribution < 1.29 is 9.90 Å². The van der Waals surface area contributed by atoms with Gasteiger partial charge in [0.1, 0.15) is 0 Å². The van der Waals surface area contributed by atoms with Gasteiger partial charge in [0.2, 0.25) is 0 Å². The normalized spacial score (nSPS) is 36.3. The van der Waals surface area contributed by atoms with Crippen molar-refractivity contribution in [3.05, 3.63) is 0 Å². The van der Waals surface area contributed by atoms with Crippen molar-refractivity contribution in [3.63, 3.8) is 0 Å². The number of carboxylic acids is 1. The summed E-state index contributed by atoms with van der Waals surface area (Å²) in [5.74, 6) is -0.673. The van der Waals surface area contributed by atoms with Gasteiger partial charge in [0, 0.05) is 6.04 Å². The molecule has 2 rings (SSSR count). The van der Waals surface area contributed by atoms with Crippen LogP contribution in [0, 0.1) is 5.92 Å². The van der Waals surface area contributed by atoms with E-state index in [9.17, 15) is 4.79 Å². The summed E-state index contributed by atoms with van der Waals surface area (Å²) >= 11 is 0. The monoisotopic (exact) mass is 169 g/mol. The molecule has 0 spiro atoms. The average molecular weight is 169 g/mol. The molecular weight excluding hydrogens is 154 g/mol. The van der Waals surface area contributed by atoms with Crippen molar-refractivity contribution >= 4 is 5.97 Å². The zero-order valence-corrected chi connectivity index (χ0v) is 7.20. The van der Waals surface area contributed by atoms with E-state index in [1.807, 2.05) is 0 Å². The van der Waals surface area contributed by atoms with Gasteiger partial charge in [-0.1, -0.05) is 0 Å². The summed E-state index contributed by atoms with van der Waals surface area (Å²) in [4.78, 5) is 13.2. The van der Waals surface area contributed by atoms with Gasteiger partial charge in [0.25, 0.3) is 0 Å². The van der Waals surface area contributed by atoms with Crippen molar-refractivity contribution in [2.75, 3.05) is 13.1 Å². The Balaban J connectivity index is 2.08. The van der Waals surface area contributed by atoms with Crippen LogP contribution >= 0.6 is 0 Å². The molecule has 3 nitrogen and oxygen atoms in total. The predicted molar refractivity (Wildman–Crippen MR) is 45.0 cm³/mol. The van der Waals surface area contributed by atoms with Crippen molar-refractivity contribution in [2.45, 2.75) is 31.7 Å². The third-order valence-electron chi connectivity index (χ3n) is 3.16. The number of piperidine rings is 1. The topological polar surface area (TPSA) is 40.5 Å². The van der Waals surface area contributed by atoms with Gasteiger partial charge >= 0.3 is 5.97 Å². The zero-order valence-electron chi connectivity index (χ0n) is 7.20. The van der Waals surface area contributed by atoms with E-state index in [4.69, 9.17) is 5.11 Å². The van der Waals surface area contributed by atoms with Crippen LogP contribution in [0.5, 0.6) is 0 Å². The number of rotatable bonds is 1. The summed E-state index contributed by atoms with van der Waals surface area (Å²) in [7, 11) is 0. The Hall–Kier alpha value is -0.570. The van der Waals surface area contributed by atoms with E-state index in [-0.39, 0.29) is 5.92 Å². The van der Waals surface area contributed by atoms with Crippen LogP contribution < -0.4 is 0 Å². The van der Waals surface area contributed by atoms with Gasteiger partial charge in [-0.2, -0.15) is 0 Å². The standard InChI is InChI=1S/C9H15NO2/c11-9(12)7-3-1-5-10-6-2-4-8(7)10/h7-8H,1-6H2,(H,11,12)/t7-,8+/m1/s1. The van der Waals surface area contributed by atoms with Gasteiger partial charge in [0.15, 0.2) is 0 Å². The van der Waals surface area contributed by atoms with Gasteiger partial charge in [-0.05, 0) is 38.8 Å². The Labute approximate surface area is 72.4 Å². The van der Waals surface area contributed by atoms with Gasteiger partial charge in [-0.15, -0.1) is 0 Å². The molecule has 2 fully saturated rings. The Morgan fingerprint density at radius 3 is 2.58 bits per heavy atom. The fourth-order valence-corrected chi connectivity index (χ4v) is 2.58. The Morgan fingerprint density at radius 2 is 1.92 bits per heavy atom. The zero-order chi connectivity index (χ0) is 8.55. The largest absolute Gasteiger partial charge is 0.481 e. The first kappa shape index (κ1) is 8.05. The molecule has 0 aromatic carbocycles. The summed E-state index contributed by atoms with van der Waals surface area (Å²) in [6, 6.07) is 0.358. The summed E-state index contributed by atoms with van der Waals surface area (Å²) < 4.78 is 0. The Kier molecular flexibility index (Phi) is 2.05. The van der Waals surface area contributed by atoms with E-state index in [1.54, 1.807) is 0 Å². The van der Waals surface area contributed by atoms with Crippen LogP contribution in [0.2, 0.25) is 0 Å². The minimum absolute atomic E-state index is 0.0822. The van der Waals surface area contributed by atoms with E-state index in [2.05, 4.69) is 4.90 Å². The average Bonchev–Trinajstić information content (AvgIpc) is 2.49. The summed E-state index contributed by atoms with van der Waals surface area (Å²) in [6.45, 7) is 2.24. The molecule has 2 atom stereocenters. The number of hydrogen-bond donors (Lipinski definition) is 1. The molecule has 0 radical (unpaired) electrons. The SMILES string of the molecule is O=C(O)[C@@H]1CCCN2CCC[C@@H]12. The third-order valence-corrected chi connectivity index (χ3v) is 3.16. The molecule has 2 aliphatic rings. The third kappa shape index (κ3) is 1.22. The first-order valence-corrected chi connectivity index (χ1v) is 4.76. The molecule has 2 saturated heterocycles. The lowest BCUT2D eigenvalue weighted by atomic mass is 9.89. The number of carbonyl (C=O) groups is 1. The minimum atomic E-state index is -0.591. The summed E-state index contributed by atoms with van der Waals surface area (Å²) in [5.41, 5.74) is 0. The van der Waals surface area contributed by atoms with Crippen LogP contribution in [0.4, 0.5) is 0 Å². The molecule has 0 unspecified atom stereocenters. The molecule has 0 aliphatic carbocycles. The van der Waals surface area contributed by atoms with Crippen LogP contribution in [0.25, 0.3) is 0 Å². The molecule has 0 aromatic rings. The van der Waals surface area contributed by atoms with E-state index < -0.39 is 5.97 Å². The maximum absolute atomic E-state index is 10.9. The van der Waals surface area contributed by atoms with Crippen LogP contribution in [-0.2, 0) is 4.79 Å². The van der Waals surface area contributed by atoms with Crippen LogP contribution in [0.15, 0.2) is 0 Å². The molecule has 2 heterocycles. The van der Waals surface area contributed by atoms with Crippen LogP contribution in [0.1, 0.15) is 25.7 Å². The van der Waals surface area contributed by atoms with Crippen molar-refractivity contribution in [1.82, 2.24) is 4.90 Å². The maximum atomic E-state index is 10.9. The number of nitrogens with zero attached hydrogens (tertiary/aromatic N) is 1. The second-order valence-electron chi connectivity index (χ2n) is 3.83. The van der Waals surface area contributed by atoms with Gasteiger partial charge < -0.3 is 5.11 Å². The predicted octanol–water partition coefficient (Wildman–Crippen LogP) is 0.945. The number of carboxylic acid groups (broad SMARTS) is 1.